The molecule has 2 atom stereocenters. The smallest absolute Gasteiger partial charge is 0.271 e. The van der Waals surface area contributed by atoms with Gasteiger partial charge in [0.05, 0.1) is 28.3 Å². The summed E-state index contributed by atoms with van der Waals surface area (Å²) in [5, 5.41) is 23.2. The highest BCUT2D eigenvalue weighted by Crippen LogP contribution is 2.27. The summed E-state index contributed by atoms with van der Waals surface area (Å²) >= 11 is 1.59. The molecule has 0 saturated heterocycles. The standard InChI is InChI=1S/C28H29N5O3S/c1-18(34)16-33(28(36)25-14-23-6-4-5-7-24(23)32(25)13-12-29)20(3)27(35)30-15-21-8-10-22(11-9-21)26-19(2)31-17-37-26/h4-11,14,17-18,20,34H,13,15-16H2,1-3H3,(H,30,35)/t18-,20+/m1/s1. The summed E-state index contributed by atoms with van der Waals surface area (Å²) in [7, 11) is 0. The molecule has 0 bridgehead atoms. The number of nitriles is 1. The molecule has 2 amide bonds. The summed E-state index contributed by atoms with van der Waals surface area (Å²) in [6, 6.07) is 18.3. The van der Waals surface area contributed by atoms with Crippen LogP contribution >= 0.6 is 11.3 Å². The van der Waals surface area contributed by atoms with Crippen molar-refractivity contribution in [1.29, 1.82) is 5.26 Å². The first-order chi connectivity index (χ1) is 17.8. The first-order valence-electron chi connectivity index (χ1n) is 12.0. The van der Waals surface area contributed by atoms with E-state index in [0.717, 1.165) is 32.6 Å². The van der Waals surface area contributed by atoms with Crippen LogP contribution in [-0.2, 0) is 17.9 Å². The zero-order valence-corrected chi connectivity index (χ0v) is 21.8. The second-order valence-electron chi connectivity index (χ2n) is 9.00. The van der Waals surface area contributed by atoms with Crippen molar-refractivity contribution in [2.75, 3.05) is 6.54 Å². The topological polar surface area (TPSA) is 111 Å². The Morgan fingerprint density at radius 2 is 1.92 bits per heavy atom. The summed E-state index contributed by atoms with van der Waals surface area (Å²) in [4.78, 5) is 33.5. The maximum Gasteiger partial charge on any atom is 0.271 e. The third kappa shape index (κ3) is 5.71. The van der Waals surface area contributed by atoms with E-state index in [-0.39, 0.29) is 19.0 Å². The number of aryl methyl sites for hydroxylation is 1. The lowest BCUT2D eigenvalue weighted by Gasteiger charge is -2.30. The molecule has 4 rings (SSSR count). The number of rotatable bonds is 9. The average Bonchev–Trinajstić information content (AvgIpc) is 3.49. The van der Waals surface area contributed by atoms with Crippen molar-refractivity contribution in [2.45, 2.75) is 46.0 Å². The minimum absolute atomic E-state index is 0.00522. The van der Waals surface area contributed by atoms with Crippen LogP contribution in [-0.4, -0.2) is 50.1 Å². The molecule has 2 heterocycles. The Balaban J connectivity index is 1.50. The first-order valence-corrected chi connectivity index (χ1v) is 12.9. The summed E-state index contributed by atoms with van der Waals surface area (Å²) in [6.45, 7) is 5.46. The van der Waals surface area contributed by atoms with Crippen molar-refractivity contribution in [3.63, 3.8) is 0 Å². The number of fused-ring (bicyclic) bond motifs is 1. The molecule has 0 unspecified atom stereocenters. The summed E-state index contributed by atoms with van der Waals surface area (Å²) in [5.41, 5.74) is 5.87. The van der Waals surface area contributed by atoms with Crippen molar-refractivity contribution in [3.05, 3.63) is 77.1 Å². The van der Waals surface area contributed by atoms with Gasteiger partial charge in [-0.15, -0.1) is 11.3 Å². The Kier molecular flexibility index (Phi) is 8.01. The molecule has 0 aliphatic carbocycles. The quantitative estimate of drug-likeness (QED) is 0.348. The van der Waals surface area contributed by atoms with E-state index in [1.165, 1.54) is 4.90 Å². The molecule has 0 spiro atoms. The van der Waals surface area contributed by atoms with Crippen LogP contribution in [0.5, 0.6) is 0 Å². The maximum atomic E-state index is 13.6. The number of hydrogen-bond acceptors (Lipinski definition) is 6. The number of hydrogen-bond donors (Lipinski definition) is 2. The number of carbonyl (C=O) groups is 2. The lowest BCUT2D eigenvalue weighted by molar-refractivity contribution is -0.125. The fourth-order valence-corrected chi connectivity index (χ4v) is 5.12. The van der Waals surface area contributed by atoms with Gasteiger partial charge in [-0.25, -0.2) is 4.98 Å². The van der Waals surface area contributed by atoms with E-state index < -0.39 is 18.1 Å². The van der Waals surface area contributed by atoms with Gasteiger partial charge in [0.2, 0.25) is 5.91 Å². The van der Waals surface area contributed by atoms with E-state index in [1.54, 1.807) is 35.8 Å². The number of aromatic nitrogens is 2. The van der Waals surface area contributed by atoms with E-state index in [4.69, 9.17) is 0 Å². The molecular weight excluding hydrogens is 486 g/mol. The number of nitrogens with one attached hydrogen (secondary N) is 1. The zero-order chi connectivity index (χ0) is 26.5. The predicted molar refractivity (Wildman–Crippen MR) is 144 cm³/mol. The molecule has 9 heteroatoms. The van der Waals surface area contributed by atoms with Crippen LogP contribution in [0.1, 0.15) is 35.6 Å². The second-order valence-corrected chi connectivity index (χ2v) is 9.85. The predicted octanol–water partition coefficient (Wildman–Crippen LogP) is 4.12. The normalized spacial score (nSPS) is 12.6. The van der Waals surface area contributed by atoms with Gasteiger partial charge in [0.1, 0.15) is 18.3 Å². The molecule has 0 radical (unpaired) electrons. The highest BCUT2D eigenvalue weighted by Gasteiger charge is 2.30. The van der Waals surface area contributed by atoms with Crippen LogP contribution in [0, 0.1) is 18.3 Å². The Hall–Kier alpha value is -4.00. The van der Waals surface area contributed by atoms with Crippen LogP contribution in [0.25, 0.3) is 21.3 Å². The van der Waals surface area contributed by atoms with Gasteiger partial charge in [0.25, 0.3) is 5.91 Å². The van der Waals surface area contributed by atoms with Gasteiger partial charge in [-0.05, 0) is 44.0 Å². The highest BCUT2D eigenvalue weighted by molar-refractivity contribution is 7.13. The number of carbonyl (C=O) groups excluding carboxylic acids is 2. The van der Waals surface area contributed by atoms with Crippen LogP contribution in [0.2, 0.25) is 0 Å². The minimum atomic E-state index is -0.838. The van der Waals surface area contributed by atoms with E-state index in [9.17, 15) is 20.0 Å². The number of thiazole rings is 1. The lowest BCUT2D eigenvalue weighted by atomic mass is 10.1. The van der Waals surface area contributed by atoms with Crippen molar-refractivity contribution in [1.82, 2.24) is 19.8 Å². The van der Waals surface area contributed by atoms with Gasteiger partial charge in [-0.2, -0.15) is 5.26 Å². The molecule has 190 valence electrons. The van der Waals surface area contributed by atoms with Gasteiger partial charge in [-0.3, -0.25) is 9.59 Å². The summed E-state index contributed by atoms with van der Waals surface area (Å²) in [6.07, 6.45) is -0.837. The van der Waals surface area contributed by atoms with Crippen molar-refractivity contribution < 1.29 is 14.7 Å². The van der Waals surface area contributed by atoms with Crippen LogP contribution in [0.3, 0.4) is 0 Å². The van der Waals surface area contributed by atoms with Crippen molar-refractivity contribution in [3.8, 4) is 16.5 Å². The molecule has 2 aromatic heterocycles. The average molecular weight is 516 g/mol. The maximum absolute atomic E-state index is 13.6. The molecule has 2 N–H and O–H groups in total. The highest BCUT2D eigenvalue weighted by atomic mass is 32.1. The molecule has 0 aliphatic rings. The Morgan fingerprint density at radius 3 is 2.57 bits per heavy atom. The first kappa shape index (κ1) is 26.1. The van der Waals surface area contributed by atoms with E-state index in [0.29, 0.717) is 12.2 Å². The molecule has 8 nitrogen and oxygen atoms in total. The van der Waals surface area contributed by atoms with Gasteiger partial charge >= 0.3 is 0 Å². The van der Waals surface area contributed by atoms with E-state index >= 15 is 0 Å². The molecule has 4 aromatic rings. The number of nitrogens with zero attached hydrogens (tertiary/aromatic N) is 4. The lowest BCUT2D eigenvalue weighted by Crippen LogP contribution is -2.50. The number of para-hydroxylation sites is 1. The van der Waals surface area contributed by atoms with Crippen LogP contribution in [0.4, 0.5) is 0 Å². The number of aliphatic hydroxyl groups is 1. The van der Waals surface area contributed by atoms with E-state index in [1.807, 2.05) is 61.0 Å². The zero-order valence-electron chi connectivity index (χ0n) is 21.0. The Labute approximate surface area is 219 Å². The van der Waals surface area contributed by atoms with Gasteiger partial charge < -0.3 is 19.9 Å². The Bertz CT molecular complexity index is 1450. The van der Waals surface area contributed by atoms with Gasteiger partial charge in [0.15, 0.2) is 0 Å². The number of amides is 2. The third-order valence-corrected chi connectivity index (χ3v) is 7.23. The number of benzene rings is 2. The minimum Gasteiger partial charge on any atom is -0.392 e. The van der Waals surface area contributed by atoms with Crippen LogP contribution < -0.4 is 5.32 Å². The van der Waals surface area contributed by atoms with Crippen molar-refractivity contribution in [2.24, 2.45) is 0 Å². The monoisotopic (exact) mass is 515 g/mol. The van der Waals surface area contributed by atoms with Crippen LogP contribution in [0.15, 0.2) is 60.1 Å². The van der Waals surface area contributed by atoms with Gasteiger partial charge in [0, 0.05) is 24.0 Å². The molecular formula is C28H29N5O3S. The van der Waals surface area contributed by atoms with E-state index in [2.05, 4.69) is 16.4 Å². The second kappa shape index (κ2) is 11.4. The summed E-state index contributed by atoms with van der Waals surface area (Å²) < 4.78 is 1.64. The molecule has 0 fully saturated rings. The fourth-order valence-electron chi connectivity index (χ4n) is 4.31. The molecule has 2 aromatic carbocycles. The summed E-state index contributed by atoms with van der Waals surface area (Å²) in [5.74, 6) is -0.751. The Morgan fingerprint density at radius 1 is 1.19 bits per heavy atom. The molecule has 0 saturated carbocycles. The number of aliphatic hydroxyl groups excluding tert-OH is 1. The largest absolute Gasteiger partial charge is 0.392 e. The third-order valence-electron chi connectivity index (χ3n) is 6.26. The fraction of sp³-hybridized carbons (Fsp3) is 0.286. The van der Waals surface area contributed by atoms with Crippen molar-refractivity contribution >= 4 is 34.1 Å². The van der Waals surface area contributed by atoms with Gasteiger partial charge in [-0.1, -0.05) is 42.5 Å². The molecule has 0 aliphatic heterocycles. The molecule has 37 heavy (non-hydrogen) atoms. The SMILES string of the molecule is Cc1ncsc1-c1ccc(CNC(=O)[C@H](C)N(C[C@@H](C)O)C(=O)c2cc3ccccc3n2CC#N)cc1.